The third kappa shape index (κ3) is 4.73. The third-order valence-corrected chi connectivity index (χ3v) is 4.77. The van der Waals surface area contributed by atoms with Gasteiger partial charge in [-0.2, -0.15) is 0 Å². The number of nitrogen functional groups attached to an aromatic ring is 1. The number of nitrogens with two attached hydrogens (primary N) is 1. The van der Waals surface area contributed by atoms with E-state index in [2.05, 4.69) is 35.9 Å². The zero-order chi connectivity index (χ0) is 16.1. The van der Waals surface area contributed by atoms with Crippen LogP contribution in [0.2, 0.25) is 0 Å². The summed E-state index contributed by atoms with van der Waals surface area (Å²) in [7, 11) is 2.19. The van der Waals surface area contributed by atoms with E-state index in [4.69, 9.17) is 11.1 Å². The summed E-state index contributed by atoms with van der Waals surface area (Å²) in [5.74, 6) is 0.767. The first kappa shape index (κ1) is 16.8. The Bertz CT molecular complexity index is 474. The molecule has 4 heteroatoms. The lowest BCUT2D eigenvalue weighted by molar-refractivity contribution is 0.204. The highest BCUT2D eigenvalue weighted by Gasteiger charge is 2.22. The van der Waals surface area contributed by atoms with Crippen LogP contribution in [0.1, 0.15) is 33.1 Å². The smallest absolute Gasteiger partial charge is 0.0367 e. The SMILES string of the molecule is CC(=N)CC(C)N(C)CC1CCN(c2ccc(N)cc2)CC1. The van der Waals surface area contributed by atoms with Gasteiger partial charge in [0.1, 0.15) is 0 Å². The zero-order valence-electron chi connectivity index (χ0n) is 14.2. The lowest BCUT2D eigenvalue weighted by Crippen LogP contribution is -2.40. The highest BCUT2D eigenvalue weighted by molar-refractivity contribution is 5.79. The van der Waals surface area contributed by atoms with Crippen molar-refractivity contribution in [1.29, 1.82) is 5.41 Å². The minimum absolute atomic E-state index is 0.465. The van der Waals surface area contributed by atoms with Gasteiger partial charge in [-0.25, -0.2) is 0 Å². The highest BCUT2D eigenvalue weighted by Crippen LogP contribution is 2.25. The number of hydrogen-bond acceptors (Lipinski definition) is 4. The molecule has 1 saturated heterocycles. The van der Waals surface area contributed by atoms with Crippen molar-refractivity contribution in [3.05, 3.63) is 24.3 Å². The van der Waals surface area contributed by atoms with Crippen LogP contribution in [0.5, 0.6) is 0 Å². The average Bonchev–Trinajstić information content (AvgIpc) is 2.48. The lowest BCUT2D eigenvalue weighted by Gasteiger charge is -2.36. The summed E-state index contributed by atoms with van der Waals surface area (Å²) in [5.41, 5.74) is 8.65. The molecule has 4 nitrogen and oxygen atoms in total. The summed E-state index contributed by atoms with van der Waals surface area (Å²) in [6, 6.07) is 8.67. The second-order valence-corrected chi connectivity index (χ2v) is 6.80. The lowest BCUT2D eigenvalue weighted by atomic mass is 9.95. The Hall–Kier alpha value is -1.55. The molecule has 0 aliphatic carbocycles. The molecule has 22 heavy (non-hydrogen) atoms. The molecule has 1 aliphatic heterocycles. The van der Waals surface area contributed by atoms with Crippen molar-refractivity contribution >= 4 is 17.1 Å². The van der Waals surface area contributed by atoms with E-state index in [1.165, 1.54) is 18.5 Å². The van der Waals surface area contributed by atoms with E-state index in [9.17, 15) is 0 Å². The molecule has 2 rings (SSSR count). The number of hydrogen-bond donors (Lipinski definition) is 2. The van der Waals surface area contributed by atoms with Gasteiger partial charge in [0.25, 0.3) is 0 Å². The molecule has 1 unspecified atom stereocenters. The maximum atomic E-state index is 7.63. The number of nitrogens with zero attached hydrogens (tertiary/aromatic N) is 2. The normalized spacial score (nSPS) is 17.7. The number of piperidine rings is 1. The largest absolute Gasteiger partial charge is 0.399 e. The van der Waals surface area contributed by atoms with Crippen LogP contribution >= 0.6 is 0 Å². The summed E-state index contributed by atoms with van der Waals surface area (Å²) >= 11 is 0. The monoisotopic (exact) mass is 302 g/mol. The van der Waals surface area contributed by atoms with Crippen molar-refractivity contribution in [2.45, 2.75) is 39.2 Å². The Labute approximate surface area is 134 Å². The summed E-state index contributed by atoms with van der Waals surface area (Å²) < 4.78 is 0. The molecule has 1 atom stereocenters. The minimum Gasteiger partial charge on any atom is -0.399 e. The maximum absolute atomic E-state index is 7.63. The predicted molar refractivity (Wildman–Crippen MR) is 95.9 cm³/mol. The molecule has 1 aliphatic rings. The van der Waals surface area contributed by atoms with E-state index in [0.29, 0.717) is 6.04 Å². The molecule has 122 valence electrons. The summed E-state index contributed by atoms with van der Waals surface area (Å²) in [4.78, 5) is 4.88. The maximum Gasteiger partial charge on any atom is 0.0367 e. The second-order valence-electron chi connectivity index (χ2n) is 6.80. The molecule has 1 aromatic rings. The first-order chi connectivity index (χ1) is 10.5. The van der Waals surface area contributed by atoms with Crippen LogP contribution in [0.4, 0.5) is 11.4 Å². The molecule has 3 N–H and O–H groups in total. The van der Waals surface area contributed by atoms with Gasteiger partial charge in [-0.3, -0.25) is 0 Å². The number of rotatable bonds is 6. The third-order valence-electron chi connectivity index (χ3n) is 4.77. The second kappa shape index (κ2) is 7.63. The molecule has 0 bridgehead atoms. The van der Waals surface area contributed by atoms with Crippen LogP contribution < -0.4 is 10.6 Å². The predicted octanol–water partition coefficient (Wildman–Crippen LogP) is 3.24. The molecular formula is C18H30N4. The van der Waals surface area contributed by atoms with Crippen LogP contribution in [-0.4, -0.2) is 43.3 Å². The van der Waals surface area contributed by atoms with Gasteiger partial charge in [0, 0.05) is 49.2 Å². The van der Waals surface area contributed by atoms with Gasteiger partial charge in [-0.1, -0.05) is 0 Å². The fraction of sp³-hybridized carbons (Fsp3) is 0.611. The van der Waals surface area contributed by atoms with Gasteiger partial charge in [-0.05, 0) is 63.9 Å². The van der Waals surface area contributed by atoms with Crippen molar-refractivity contribution in [2.75, 3.05) is 37.3 Å². The molecule has 0 radical (unpaired) electrons. The van der Waals surface area contributed by atoms with Crippen molar-refractivity contribution in [3.63, 3.8) is 0 Å². The molecule has 0 saturated carbocycles. The first-order valence-electron chi connectivity index (χ1n) is 8.30. The number of anilines is 2. The fourth-order valence-corrected chi connectivity index (χ4v) is 3.25. The fourth-order valence-electron chi connectivity index (χ4n) is 3.25. The Morgan fingerprint density at radius 2 is 1.91 bits per heavy atom. The quantitative estimate of drug-likeness (QED) is 0.626. The van der Waals surface area contributed by atoms with E-state index in [-0.39, 0.29) is 0 Å². The first-order valence-corrected chi connectivity index (χ1v) is 8.30. The minimum atomic E-state index is 0.465. The topological polar surface area (TPSA) is 56.4 Å². The highest BCUT2D eigenvalue weighted by atomic mass is 15.2. The van der Waals surface area contributed by atoms with E-state index < -0.39 is 0 Å². The van der Waals surface area contributed by atoms with Crippen molar-refractivity contribution in [1.82, 2.24) is 4.90 Å². The Balaban J connectivity index is 1.79. The Kier molecular flexibility index (Phi) is 5.83. The molecule has 1 heterocycles. The molecular weight excluding hydrogens is 272 g/mol. The van der Waals surface area contributed by atoms with Gasteiger partial charge in [-0.15, -0.1) is 0 Å². The van der Waals surface area contributed by atoms with Crippen LogP contribution in [0.3, 0.4) is 0 Å². The number of nitrogens with one attached hydrogen (secondary N) is 1. The Morgan fingerprint density at radius 3 is 2.45 bits per heavy atom. The van der Waals surface area contributed by atoms with Crippen LogP contribution in [0, 0.1) is 11.3 Å². The molecule has 1 fully saturated rings. The average molecular weight is 302 g/mol. The van der Waals surface area contributed by atoms with Gasteiger partial charge in [0.05, 0.1) is 0 Å². The van der Waals surface area contributed by atoms with E-state index in [0.717, 1.165) is 43.4 Å². The summed E-state index contributed by atoms with van der Waals surface area (Å²) in [6.45, 7) is 7.52. The molecule has 1 aromatic carbocycles. The zero-order valence-corrected chi connectivity index (χ0v) is 14.2. The molecule has 0 aromatic heterocycles. The van der Waals surface area contributed by atoms with E-state index in [1.54, 1.807) is 0 Å². The van der Waals surface area contributed by atoms with Gasteiger partial charge >= 0.3 is 0 Å². The van der Waals surface area contributed by atoms with Crippen molar-refractivity contribution in [2.24, 2.45) is 5.92 Å². The van der Waals surface area contributed by atoms with E-state index in [1.807, 2.05) is 19.1 Å². The summed E-state index contributed by atoms with van der Waals surface area (Å²) in [6.07, 6.45) is 3.36. The van der Waals surface area contributed by atoms with Gasteiger partial charge < -0.3 is 20.9 Å². The molecule has 0 amide bonds. The standard InChI is InChI=1S/C18H30N4/c1-14(19)12-15(2)21(3)13-16-8-10-22(11-9-16)18-6-4-17(20)5-7-18/h4-7,15-16,19H,8-13,20H2,1-3H3. The van der Waals surface area contributed by atoms with Gasteiger partial charge in [0.2, 0.25) is 0 Å². The van der Waals surface area contributed by atoms with Crippen LogP contribution in [-0.2, 0) is 0 Å². The van der Waals surface area contributed by atoms with Crippen molar-refractivity contribution in [3.8, 4) is 0 Å². The van der Waals surface area contributed by atoms with Gasteiger partial charge in [0.15, 0.2) is 0 Å². The number of benzene rings is 1. The summed E-state index contributed by atoms with van der Waals surface area (Å²) in [5, 5.41) is 7.63. The van der Waals surface area contributed by atoms with Crippen LogP contribution in [0.25, 0.3) is 0 Å². The van der Waals surface area contributed by atoms with E-state index >= 15 is 0 Å². The molecule has 0 spiro atoms. The Morgan fingerprint density at radius 1 is 1.32 bits per heavy atom. The van der Waals surface area contributed by atoms with Crippen LogP contribution in [0.15, 0.2) is 24.3 Å². The van der Waals surface area contributed by atoms with Crippen molar-refractivity contribution < 1.29 is 0 Å².